The second-order valence-corrected chi connectivity index (χ2v) is 6.92. The summed E-state index contributed by atoms with van der Waals surface area (Å²) in [5, 5.41) is 0. The van der Waals surface area contributed by atoms with Crippen LogP contribution < -0.4 is 4.74 Å². The van der Waals surface area contributed by atoms with Crippen LogP contribution in [0.4, 0.5) is 0 Å². The minimum Gasteiger partial charge on any atom is -0.497 e. The van der Waals surface area contributed by atoms with E-state index in [0.29, 0.717) is 13.2 Å². The Bertz CT molecular complexity index is 574. The largest absolute Gasteiger partial charge is 0.497 e. The monoisotopic (exact) mass is 368 g/mol. The van der Waals surface area contributed by atoms with Gasteiger partial charge < -0.3 is 33.2 Å². The zero-order chi connectivity index (χ0) is 18.7. The molecule has 3 rings (SSSR count). The minimum absolute atomic E-state index is 0.264. The first-order chi connectivity index (χ1) is 12.5. The fourth-order valence-electron chi connectivity index (χ4n) is 3.39. The van der Waals surface area contributed by atoms with Crippen molar-refractivity contribution in [1.29, 1.82) is 0 Å². The molecule has 0 amide bonds. The molecule has 5 atom stereocenters. The van der Waals surface area contributed by atoms with Crippen LogP contribution in [0.3, 0.4) is 0 Å². The van der Waals surface area contributed by atoms with Crippen molar-refractivity contribution in [2.24, 2.45) is 0 Å². The lowest BCUT2D eigenvalue weighted by Gasteiger charge is -2.27. The number of hydrogen-bond acceptors (Lipinski definition) is 7. The molecule has 2 aliphatic rings. The van der Waals surface area contributed by atoms with Crippen molar-refractivity contribution < 1.29 is 33.2 Å². The van der Waals surface area contributed by atoms with Gasteiger partial charge in [-0.2, -0.15) is 0 Å². The lowest BCUT2D eigenvalue weighted by atomic mass is 10.1. The average Bonchev–Trinajstić information content (AvgIpc) is 3.11. The fraction of sp³-hybridized carbons (Fsp3) is 0.684. The highest BCUT2D eigenvalue weighted by molar-refractivity contribution is 5.26. The van der Waals surface area contributed by atoms with E-state index in [-0.39, 0.29) is 24.4 Å². The van der Waals surface area contributed by atoms with E-state index in [0.717, 1.165) is 11.3 Å². The van der Waals surface area contributed by atoms with E-state index in [1.807, 2.05) is 38.1 Å². The molecule has 0 unspecified atom stereocenters. The van der Waals surface area contributed by atoms with Gasteiger partial charge in [-0.3, -0.25) is 0 Å². The summed E-state index contributed by atoms with van der Waals surface area (Å²) in [5.41, 5.74) is 1.02. The summed E-state index contributed by atoms with van der Waals surface area (Å²) in [5.74, 6) is 0.118. The molecule has 146 valence electrons. The maximum atomic E-state index is 6.09. The van der Waals surface area contributed by atoms with Crippen LogP contribution >= 0.6 is 0 Å². The Morgan fingerprint density at radius 1 is 1.04 bits per heavy atom. The third kappa shape index (κ3) is 4.19. The summed E-state index contributed by atoms with van der Waals surface area (Å²) in [6.45, 7) is 4.58. The van der Waals surface area contributed by atoms with E-state index in [1.165, 1.54) is 0 Å². The molecule has 7 heteroatoms. The molecular formula is C19H28O7. The Balaban J connectivity index is 1.68. The summed E-state index contributed by atoms with van der Waals surface area (Å²) in [6, 6.07) is 7.72. The van der Waals surface area contributed by atoms with Gasteiger partial charge in [-0.1, -0.05) is 12.1 Å². The number of ether oxygens (including phenoxy) is 7. The van der Waals surface area contributed by atoms with Crippen LogP contribution in [0.5, 0.6) is 5.75 Å². The highest BCUT2D eigenvalue weighted by Gasteiger charge is 2.57. The molecule has 2 heterocycles. The van der Waals surface area contributed by atoms with Crippen LogP contribution in [-0.4, -0.2) is 64.4 Å². The molecule has 0 N–H and O–H groups in total. The van der Waals surface area contributed by atoms with Gasteiger partial charge in [0.25, 0.3) is 0 Å². The molecular weight excluding hydrogens is 340 g/mol. The molecule has 7 nitrogen and oxygen atoms in total. The van der Waals surface area contributed by atoms with Crippen molar-refractivity contribution in [3.63, 3.8) is 0 Å². The molecule has 1 aromatic rings. The highest BCUT2D eigenvalue weighted by Crippen LogP contribution is 2.40. The first kappa shape index (κ1) is 19.5. The maximum Gasteiger partial charge on any atom is 0.187 e. The van der Waals surface area contributed by atoms with Crippen LogP contribution in [0.15, 0.2) is 24.3 Å². The zero-order valence-corrected chi connectivity index (χ0v) is 16.0. The Kier molecular flexibility index (Phi) is 6.17. The van der Waals surface area contributed by atoms with Gasteiger partial charge in [0.15, 0.2) is 12.1 Å². The van der Waals surface area contributed by atoms with Crippen molar-refractivity contribution in [2.75, 3.05) is 27.9 Å². The number of rotatable bonds is 8. The van der Waals surface area contributed by atoms with Gasteiger partial charge in [0.2, 0.25) is 0 Å². The molecule has 2 fully saturated rings. The smallest absolute Gasteiger partial charge is 0.187 e. The Morgan fingerprint density at radius 2 is 1.73 bits per heavy atom. The lowest BCUT2D eigenvalue weighted by Crippen LogP contribution is -2.42. The van der Waals surface area contributed by atoms with Crippen LogP contribution in [0, 0.1) is 0 Å². The second-order valence-electron chi connectivity index (χ2n) is 6.92. The molecule has 0 aromatic heterocycles. The number of methoxy groups -OCH3 is 3. The molecule has 2 aliphatic heterocycles. The van der Waals surface area contributed by atoms with Gasteiger partial charge >= 0.3 is 0 Å². The van der Waals surface area contributed by atoms with Gasteiger partial charge in [0, 0.05) is 14.2 Å². The van der Waals surface area contributed by atoms with E-state index >= 15 is 0 Å². The van der Waals surface area contributed by atoms with Crippen LogP contribution in [-0.2, 0) is 35.0 Å². The molecule has 0 bridgehead atoms. The molecule has 0 saturated carbocycles. The van der Waals surface area contributed by atoms with Gasteiger partial charge in [-0.15, -0.1) is 0 Å². The Morgan fingerprint density at radius 3 is 2.35 bits per heavy atom. The van der Waals surface area contributed by atoms with E-state index < -0.39 is 12.1 Å². The minimum atomic E-state index is -0.690. The molecule has 2 saturated heterocycles. The summed E-state index contributed by atoms with van der Waals surface area (Å²) in [6.07, 6.45) is -1.72. The summed E-state index contributed by atoms with van der Waals surface area (Å²) in [7, 11) is 4.91. The van der Waals surface area contributed by atoms with Gasteiger partial charge in [0.1, 0.15) is 30.2 Å². The van der Waals surface area contributed by atoms with Gasteiger partial charge in [0.05, 0.1) is 20.3 Å². The van der Waals surface area contributed by atoms with Crippen LogP contribution in [0.2, 0.25) is 0 Å². The van der Waals surface area contributed by atoms with E-state index in [2.05, 4.69) is 0 Å². The van der Waals surface area contributed by atoms with Crippen molar-refractivity contribution >= 4 is 0 Å². The van der Waals surface area contributed by atoms with Crippen molar-refractivity contribution in [3.8, 4) is 5.75 Å². The topological polar surface area (TPSA) is 64.6 Å². The highest BCUT2D eigenvalue weighted by atomic mass is 16.8. The number of benzene rings is 1. The quantitative estimate of drug-likeness (QED) is 0.696. The summed E-state index contributed by atoms with van der Waals surface area (Å²) in [4.78, 5) is 0. The first-order valence-corrected chi connectivity index (χ1v) is 8.75. The van der Waals surface area contributed by atoms with E-state index in [4.69, 9.17) is 33.2 Å². The van der Waals surface area contributed by atoms with E-state index in [9.17, 15) is 0 Å². The summed E-state index contributed by atoms with van der Waals surface area (Å²) < 4.78 is 40.1. The normalized spacial score (nSPS) is 31.0. The molecule has 0 aliphatic carbocycles. The predicted octanol–water partition coefficient (Wildman–Crippen LogP) is 2.12. The van der Waals surface area contributed by atoms with Crippen molar-refractivity contribution in [1.82, 2.24) is 0 Å². The maximum absolute atomic E-state index is 6.09. The third-order valence-corrected chi connectivity index (χ3v) is 4.62. The fourth-order valence-corrected chi connectivity index (χ4v) is 3.39. The van der Waals surface area contributed by atoms with Crippen molar-refractivity contribution in [3.05, 3.63) is 29.8 Å². The zero-order valence-electron chi connectivity index (χ0n) is 16.0. The standard InChI is InChI=1S/C19H28O7/c1-19(2)25-16-15(14(22-5)11-20-3)24-18(17(16)26-19)23-10-12-6-8-13(21-4)9-7-12/h6-9,14-18H,10-11H2,1-5H3/t14-,15-,16+,17+,18+/m1/s1. The molecule has 26 heavy (non-hydrogen) atoms. The van der Waals surface area contributed by atoms with Crippen molar-refractivity contribution in [2.45, 2.75) is 56.9 Å². The van der Waals surface area contributed by atoms with Gasteiger partial charge in [-0.25, -0.2) is 0 Å². The first-order valence-electron chi connectivity index (χ1n) is 8.75. The van der Waals surface area contributed by atoms with E-state index in [1.54, 1.807) is 21.3 Å². The van der Waals surface area contributed by atoms with Gasteiger partial charge in [-0.05, 0) is 31.5 Å². The number of fused-ring (bicyclic) bond motifs is 1. The van der Waals surface area contributed by atoms with Crippen LogP contribution in [0.1, 0.15) is 19.4 Å². The lowest BCUT2D eigenvalue weighted by molar-refractivity contribution is -0.249. The third-order valence-electron chi connectivity index (χ3n) is 4.62. The Hall–Kier alpha value is -1.22. The van der Waals surface area contributed by atoms with Crippen LogP contribution in [0.25, 0.3) is 0 Å². The summed E-state index contributed by atoms with van der Waals surface area (Å²) >= 11 is 0. The second kappa shape index (κ2) is 8.21. The molecule has 0 radical (unpaired) electrons. The SMILES string of the molecule is COC[C@@H](OC)[C@H]1O[C@H](OCc2ccc(OC)cc2)[C@H]2OC(C)(C)O[C@H]21. The predicted molar refractivity (Wildman–Crippen MR) is 92.9 cm³/mol. The molecule has 0 spiro atoms. The average molecular weight is 368 g/mol. The number of hydrogen-bond donors (Lipinski definition) is 0. The molecule has 1 aromatic carbocycles. The Labute approximate surface area is 154 Å².